The molecule has 1 aliphatic heterocycles. The summed E-state index contributed by atoms with van der Waals surface area (Å²) in [5.74, 6) is -1.81. The molecule has 0 bridgehead atoms. The third kappa shape index (κ3) is 1.80. The highest BCUT2D eigenvalue weighted by molar-refractivity contribution is 6.06. The van der Waals surface area contributed by atoms with Crippen molar-refractivity contribution in [1.82, 2.24) is 0 Å². The van der Waals surface area contributed by atoms with Crippen LogP contribution in [0.2, 0.25) is 0 Å². The van der Waals surface area contributed by atoms with E-state index in [0.29, 0.717) is 5.56 Å². The van der Waals surface area contributed by atoms with Crippen molar-refractivity contribution >= 4 is 11.6 Å². The van der Waals surface area contributed by atoms with Gasteiger partial charge in [-0.3, -0.25) is 4.79 Å². The Morgan fingerprint density at radius 1 is 0.950 bits per heavy atom. The standard InChI is InChI=1S/C16H13F2NO/c1-16(2)11-7-9(4-6-14(11)19-15(16)20)10-3-5-12(17)13(18)8-10/h3-8H,1-2H3,(H,19,20). The number of hydrogen-bond donors (Lipinski definition) is 1. The van der Waals surface area contributed by atoms with E-state index in [2.05, 4.69) is 5.32 Å². The zero-order valence-electron chi connectivity index (χ0n) is 11.1. The van der Waals surface area contributed by atoms with Gasteiger partial charge < -0.3 is 5.32 Å². The lowest BCUT2D eigenvalue weighted by Crippen LogP contribution is -2.26. The van der Waals surface area contributed by atoms with Crippen LogP contribution < -0.4 is 5.32 Å². The fourth-order valence-corrected chi connectivity index (χ4v) is 2.43. The molecule has 0 saturated heterocycles. The Morgan fingerprint density at radius 3 is 2.30 bits per heavy atom. The highest BCUT2D eigenvalue weighted by atomic mass is 19.2. The Balaban J connectivity index is 2.12. The lowest BCUT2D eigenvalue weighted by molar-refractivity contribution is -0.119. The van der Waals surface area contributed by atoms with Gasteiger partial charge in [-0.15, -0.1) is 0 Å². The molecule has 20 heavy (non-hydrogen) atoms. The van der Waals surface area contributed by atoms with Gasteiger partial charge in [0, 0.05) is 5.69 Å². The maximum Gasteiger partial charge on any atom is 0.234 e. The van der Waals surface area contributed by atoms with Crippen LogP contribution in [0.1, 0.15) is 19.4 Å². The maximum absolute atomic E-state index is 13.3. The molecule has 2 nitrogen and oxygen atoms in total. The molecule has 0 radical (unpaired) electrons. The number of benzene rings is 2. The minimum absolute atomic E-state index is 0.0602. The molecule has 2 aromatic carbocycles. The SMILES string of the molecule is CC1(C)C(=O)Nc2ccc(-c3ccc(F)c(F)c3)cc21. The highest BCUT2D eigenvalue weighted by Gasteiger charge is 2.38. The van der Waals surface area contributed by atoms with Gasteiger partial charge in [-0.2, -0.15) is 0 Å². The van der Waals surface area contributed by atoms with Gasteiger partial charge in [-0.05, 0) is 54.8 Å². The summed E-state index contributed by atoms with van der Waals surface area (Å²) in [6.07, 6.45) is 0. The fourth-order valence-electron chi connectivity index (χ4n) is 2.43. The molecule has 1 aliphatic rings. The zero-order valence-corrected chi connectivity index (χ0v) is 11.1. The van der Waals surface area contributed by atoms with E-state index in [4.69, 9.17) is 0 Å². The quantitative estimate of drug-likeness (QED) is 0.839. The van der Waals surface area contributed by atoms with Crippen LogP contribution >= 0.6 is 0 Å². The number of rotatable bonds is 1. The van der Waals surface area contributed by atoms with Crippen LogP contribution in [0.4, 0.5) is 14.5 Å². The molecule has 0 fully saturated rings. The second kappa shape index (κ2) is 4.13. The van der Waals surface area contributed by atoms with Gasteiger partial charge in [0.1, 0.15) is 0 Å². The molecule has 102 valence electrons. The average Bonchev–Trinajstić information content (AvgIpc) is 2.63. The van der Waals surface area contributed by atoms with Crippen LogP contribution in [0.15, 0.2) is 36.4 Å². The third-order valence-electron chi connectivity index (χ3n) is 3.76. The molecular formula is C16H13F2NO. The molecule has 0 unspecified atom stereocenters. The summed E-state index contributed by atoms with van der Waals surface area (Å²) in [7, 11) is 0. The van der Waals surface area contributed by atoms with Crippen LogP contribution in [0.5, 0.6) is 0 Å². The number of halogens is 2. The van der Waals surface area contributed by atoms with E-state index in [-0.39, 0.29) is 5.91 Å². The molecule has 0 saturated carbocycles. The molecule has 0 aromatic heterocycles. The predicted octanol–water partition coefficient (Wildman–Crippen LogP) is 3.86. The number of hydrogen-bond acceptors (Lipinski definition) is 1. The van der Waals surface area contributed by atoms with E-state index < -0.39 is 17.0 Å². The summed E-state index contributed by atoms with van der Waals surface area (Å²) in [6.45, 7) is 3.67. The van der Waals surface area contributed by atoms with E-state index in [1.165, 1.54) is 6.07 Å². The lowest BCUT2D eigenvalue weighted by Gasteiger charge is -2.16. The topological polar surface area (TPSA) is 29.1 Å². The Kier molecular flexibility index (Phi) is 2.64. The van der Waals surface area contributed by atoms with E-state index in [1.807, 2.05) is 19.9 Å². The van der Waals surface area contributed by atoms with Crippen LogP contribution in [0.3, 0.4) is 0 Å². The van der Waals surface area contributed by atoms with E-state index >= 15 is 0 Å². The Hall–Kier alpha value is -2.23. The molecule has 1 N–H and O–H groups in total. The van der Waals surface area contributed by atoms with Crippen molar-refractivity contribution in [3.63, 3.8) is 0 Å². The monoisotopic (exact) mass is 273 g/mol. The number of carbonyl (C=O) groups is 1. The summed E-state index contributed by atoms with van der Waals surface area (Å²) in [5.41, 5.74) is 2.36. The minimum atomic E-state index is -0.878. The number of amides is 1. The number of nitrogens with one attached hydrogen (secondary N) is 1. The summed E-state index contributed by atoms with van der Waals surface area (Å²) < 4.78 is 26.3. The molecule has 2 aromatic rings. The number of carbonyl (C=O) groups excluding carboxylic acids is 1. The largest absolute Gasteiger partial charge is 0.325 e. The van der Waals surface area contributed by atoms with Gasteiger partial charge >= 0.3 is 0 Å². The molecule has 1 heterocycles. The Bertz CT molecular complexity index is 722. The second-order valence-corrected chi connectivity index (χ2v) is 5.47. The van der Waals surface area contributed by atoms with Crippen LogP contribution in [0, 0.1) is 11.6 Å². The van der Waals surface area contributed by atoms with Crippen LogP contribution in [-0.4, -0.2) is 5.91 Å². The Labute approximate surface area is 115 Å². The third-order valence-corrected chi connectivity index (χ3v) is 3.76. The average molecular weight is 273 g/mol. The van der Waals surface area contributed by atoms with Gasteiger partial charge in [-0.1, -0.05) is 12.1 Å². The predicted molar refractivity (Wildman–Crippen MR) is 73.4 cm³/mol. The molecule has 0 spiro atoms. The van der Waals surface area contributed by atoms with Gasteiger partial charge in [0.2, 0.25) is 5.91 Å². The normalized spacial score (nSPS) is 15.9. The van der Waals surface area contributed by atoms with E-state index in [0.717, 1.165) is 28.9 Å². The molecule has 0 aliphatic carbocycles. The summed E-state index contributed by atoms with van der Waals surface area (Å²) in [6, 6.07) is 9.21. The van der Waals surface area contributed by atoms with Crippen molar-refractivity contribution in [3.8, 4) is 11.1 Å². The molecule has 3 rings (SSSR count). The van der Waals surface area contributed by atoms with Crippen LogP contribution in [0.25, 0.3) is 11.1 Å². The van der Waals surface area contributed by atoms with Crippen molar-refractivity contribution in [1.29, 1.82) is 0 Å². The first kappa shape index (κ1) is 12.8. The van der Waals surface area contributed by atoms with Crippen molar-refractivity contribution in [2.45, 2.75) is 19.3 Å². The maximum atomic E-state index is 13.3. The van der Waals surface area contributed by atoms with Gasteiger partial charge in [-0.25, -0.2) is 8.78 Å². The first-order chi connectivity index (χ1) is 9.39. The van der Waals surface area contributed by atoms with Crippen LogP contribution in [-0.2, 0) is 10.2 Å². The van der Waals surface area contributed by atoms with Gasteiger partial charge in [0.25, 0.3) is 0 Å². The molecule has 0 atom stereocenters. The van der Waals surface area contributed by atoms with E-state index in [1.54, 1.807) is 12.1 Å². The van der Waals surface area contributed by atoms with E-state index in [9.17, 15) is 13.6 Å². The molecule has 4 heteroatoms. The van der Waals surface area contributed by atoms with Gasteiger partial charge in [0.05, 0.1) is 5.41 Å². The van der Waals surface area contributed by atoms with Crippen molar-refractivity contribution in [2.75, 3.05) is 5.32 Å². The molecule has 1 amide bonds. The smallest absolute Gasteiger partial charge is 0.234 e. The summed E-state index contributed by atoms with van der Waals surface area (Å²) >= 11 is 0. The van der Waals surface area contributed by atoms with Crippen molar-refractivity contribution < 1.29 is 13.6 Å². The van der Waals surface area contributed by atoms with Crippen molar-refractivity contribution in [2.24, 2.45) is 0 Å². The summed E-state index contributed by atoms with van der Waals surface area (Å²) in [4.78, 5) is 11.9. The first-order valence-electron chi connectivity index (χ1n) is 6.31. The highest BCUT2D eigenvalue weighted by Crippen LogP contribution is 2.39. The molecular weight excluding hydrogens is 260 g/mol. The lowest BCUT2D eigenvalue weighted by atomic mass is 9.85. The second-order valence-electron chi connectivity index (χ2n) is 5.47. The van der Waals surface area contributed by atoms with Crippen molar-refractivity contribution in [3.05, 3.63) is 53.6 Å². The summed E-state index contributed by atoms with van der Waals surface area (Å²) in [5, 5.41) is 2.81. The first-order valence-corrected chi connectivity index (χ1v) is 6.31. The van der Waals surface area contributed by atoms with Gasteiger partial charge in [0.15, 0.2) is 11.6 Å². The fraction of sp³-hybridized carbons (Fsp3) is 0.188. The Morgan fingerprint density at radius 2 is 1.60 bits per heavy atom. The number of anilines is 1. The number of fused-ring (bicyclic) bond motifs is 1. The minimum Gasteiger partial charge on any atom is -0.325 e. The zero-order chi connectivity index (χ0) is 14.5.